The maximum absolute atomic E-state index is 13.3. The van der Waals surface area contributed by atoms with Crippen molar-refractivity contribution >= 4 is 43.7 Å². The summed E-state index contributed by atoms with van der Waals surface area (Å²) in [5, 5.41) is 0.0454. The Morgan fingerprint density at radius 2 is 1.57 bits per heavy atom. The molecule has 0 unspecified atom stereocenters. The number of nitrogens with zero attached hydrogens (tertiary/aromatic N) is 1. The molecule has 0 saturated heterocycles. The lowest BCUT2D eigenvalue weighted by Crippen LogP contribution is -2.37. The molecule has 11 heteroatoms. The van der Waals surface area contributed by atoms with Crippen LogP contribution in [0.2, 0.25) is 0 Å². The molecule has 0 fully saturated rings. The van der Waals surface area contributed by atoms with Crippen LogP contribution in [0.5, 0.6) is 0 Å². The van der Waals surface area contributed by atoms with Crippen LogP contribution < -0.4 is 0 Å². The predicted molar refractivity (Wildman–Crippen MR) is 120 cm³/mol. The summed E-state index contributed by atoms with van der Waals surface area (Å²) < 4.78 is 34.4. The third kappa shape index (κ3) is 11.3. The molecular weight excluding hydrogens is 449 g/mol. The molecule has 1 rings (SSSR count). The van der Waals surface area contributed by atoms with Crippen molar-refractivity contribution in [3.8, 4) is 0 Å². The van der Waals surface area contributed by atoms with E-state index in [1.807, 2.05) is 45.9 Å². The fourth-order valence-corrected chi connectivity index (χ4v) is 5.68. The van der Waals surface area contributed by atoms with Crippen molar-refractivity contribution in [2.75, 3.05) is 19.4 Å². The van der Waals surface area contributed by atoms with E-state index in [0.717, 1.165) is 34.5 Å². The van der Waals surface area contributed by atoms with E-state index in [1.54, 1.807) is 19.1 Å². The fourth-order valence-electron chi connectivity index (χ4n) is 1.92. The molecule has 0 atom stereocenters. The Hall–Kier alpha value is -1.19. The first kappa shape index (κ1) is 26.8. The Labute approximate surface area is 187 Å². The molecule has 0 aliphatic carbocycles. The number of benzene rings is 1. The standard InChI is InChI=1S/C19H30NO7PS2/c1-6-24-18(21)12-20(19(22)25-13-17-10-8-7-9-11-17)14-28(23,26-29-15(2)3)27-30-16(4)5/h7-11,15-16H,6,12-14H2,1-5H3. The topological polar surface area (TPSA) is 91.4 Å². The minimum atomic E-state index is -3.76. The van der Waals surface area contributed by atoms with Crippen molar-refractivity contribution in [1.82, 2.24) is 4.90 Å². The monoisotopic (exact) mass is 479 g/mol. The molecule has 0 aromatic heterocycles. The highest BCUT2D eigenvalue weighted by molar-refractivity contribution is 8.02. The summed E-state index contributed by atoms with van der Waals surface area (Å²) in [6.45, 7) is 8.87. The van der Waals surface area contributed by atoms with Crippen molar-refractivity contribution in [3.05, 3.63) is 35.9 Å². The van der Waals surface area contributed by atoms with Crippen molar-refractivity contribution in [1.29, 1.82) is 0 Å². The lowest BCUT2D eigenvalue weighted by atomic mass is 10.2. The average Bonchev–Trinajstić information content (AvgIpc) is 2.69. The quantitative estimate of drug-likeness (QED) is 0.207. The van der Waals surface area contributed by atoms with E-state index in [4.69, 9.17) is 17.4 Å². The molecule has 170 valence electrons. The van der Waals surface area contributed by atoms with Gasteiger partial charge in [0.1, 0.15) is 19.4 Å². The average molecular weight is 480 g/mol. The Balaban J connectivity index is 2.93. The molecule has 0 N–H and O–H groups in total. The van der Waals surface area contributed by atoms with Crippen LogP contribution >= 0.6 is 31.7 Å². The molecular formula is C19H30NO7PS2. The second-order valence-electron chi connectivity index (χ2n) is 6.73. The Bertz CT molecular complexity index is 687. The summed E-state index contributed by atoms with van der Waals surface area (Å²) in [4.78, 5) is 25.6. The summed E-state index contributed by atoms with van der Waals surface area (Å²) in [5.74, 6) is -0.645. The molecule has 1 aromatic carbocycles. The molecule has 0 aliphatic rings. The van der Waals surface area contributed by atoms with Crippen LogP contribution in [0, 0.1) is 0 Å². The summed E-state index contributed by atoms with van der Waals surface area (Å²) in [5.41, 5.74) is 0.781. The Morgan fingerprint density at radius 3 is 2.07 bits per heavy atom. The molecule has 0 spiro atoms. The van der Waals surface area contributed by atoms with E-state index < -0.39 is 32.5 Å². The highest BCUT2D eigenvalue weighted by atomic mass is 32.2. The number of hydrogen-bond acceptors (Lipinski definition) is 9. The zero-order valence-electron chi connectivity index (χ0n) is 17.9. The minimum Gasteiger partial charge on any atom is -0.465 e. The summed E-state index contributed by atoms with van der Waals surface area (Å²) in [7, 11) is -3.76. The van der Waals surface area contributed by atoms with E-state index in [1.165, 1.54) is 0 Å². The number of carbonyl (C=O) groups is 2. The van der Waals surface area contributed by atoms with Gasteiger partial charge in [-0.2, -0.15) is 0 Å². The molecule has 1 aromatic rings. The number of hydrogen-bond donors (Lipinski definition) is 0. The second-order valence-corrected chi connectivity index (χ2v) is 11.7. The Kier molecular flexibility index (Phi) is 12.5. The van der Waals surface area contributed by atoms with Crippen molar-refractivity contribution in [2.24, 2.45) is 0 Å². The van der Waals surface area contributed by atoms with Crippen molar-refractivity contribution in [3.63, 3.8) is 0 Å². The molecule has 0 radical (unpaired) electrons. The van der Waals surface area contributed by atoms with Crippen LogP contribution in [0.15, 0.2) is 30.3 Å². The third-order valence-electron chi connectivity index (χ3n) is 3.13. The van der Waals surface area contributed by atoms with E-state index in [0.29, 0.717) is 0 Å². The van der Waals surface area contributed by atoms with Crippen LogP contribution in [0.25, 0.3) is 0 Å². The fraction of sp³-hybridized carbons (Fsp3) is 0.579. The van der Waals surface area contributed by atoms with Gasteiger partial charge in [0.05, 0.1) is 6.61 Å². The third-order valence-corrected chi connectivity index (χ3v) is 7.09. The van der Waals surface area contributed by atoms with E-state index in [2.05, 4.69) is 0 Å². The van der Waals surface area contributed by atoms with Gasteiger partial charge in [0.25, 0.3) is 0 Å². The van der Waals surface area contributed by atoms with E-state index in [-0.39, 0.29) is 23.7 Å². The van der Waals surface area contributed by atoms with Crippen molar-refractivity contribution < 1.29 is 31.6 Å². The van der Waals surface area contributed by atoms with E-state index in [9.17, 15) is 14.2 Å². The maximum atomic E-state index is 13.3. The maximum Gasteiger partial charge on any atom is 0.411 e. The van der Waals surface area contributed by atoms with Gasteiger partial charge < -0.3 is 9.47 Å². The number of amides is 1. The van der Waals surface area contributed by atoms with Gasteiger partial charge in [-0.1, -0.05) is 58.0 Å². The minimum absolute atomic E-state index is 0.00645. The van der Waals surface area contributed by atoms with Gasteiger partial charge in [-0.15, -0.1) is 0 Å². The van der Waals surface area contributed by atoms with Crippen LogP contribution in [0.1, 0.15) is 40.2 Å². The van der Waals surface area contributed by atoms with Gasteiger partial charge in [0.2, 0.25) is 0 Å². The highest BCUT2D eigenvalue weighted by Gasteiger charge is 2.35. The normalized spacial score (nSPS) is 11.6. The van der Waals surface area contributed by atoms with Crippen LogP contribution in [0.4, 0.5) is 4.79 Å². The first-order valence-corrected chi connectivity index (χ1v) is 12.9. The Morgan fingerprint density at radius 1 is 1.00 bits per heavy atom. The van der Waals surface area contributed by atoms with Gasteiger partial charge in [-0.25, -0.2) is 12.7 Å². The lowest BCUT2D eigenvalue weighted by Gasteiger charge is -2.26. The summed E-state index contributed by atoms with van der Waals surface area (Å²) in [6.07, 6.45) is -1.26. The van der Waals surface area contributed by atoms with Gasteiger partial charge >= 0.3 is 19.7 Å². The molecule has 0 saturated carbocycles. The summed E-state index contributed by atoms with van der Waals surface area (Å²) in [6, 6.07) is 9.10. The first-order valence-electron chi connectivity index (χ1n) is 9.55. The highest BCUT2D eigenvalue weighted by Crippen LogP contribution is 2.56. The van der Waals surface area contributed by atoms with Crippen LogP contribution in [0.3, 0.4) is 0 Å². The number of carbonyl (C=O) groups excluding carboxylic acids is 2. The smallest absolute Gasteiger partial charge is 0.411 e. The molecule has 1 amide bonds. The molecule has 8 nitrogen and oxygen atoms in total. The summed E-state index contributed by atoms with van der Waals surface area (Å²) >= 11 is 1.97. The zero-order valence-corrected chi connectivity index (χ0v) is 20.5. The van der Waals surface area contributed by atoms with Crippen LogP contribution in [-0.4, -0.2) is 46.9 Å². The number of esters is 1. The lowest BCUT2D eigenvalue weighted by molar-refractivity contribution is -0.143. The molecule has 30 heavy (non-hydrogen) atoms. The molecule has 0 aliphatic heterocycles. The van der Waals surface area contributed by atoms with Gasteiger partial charge in [-0.05, 0) is 12.5 Å². The first-order chi connectivity index (χ1) is 14.1. The number of ether oxygens (including phenoxy) is 2. The number of rotatable bonds is 13. The molecule has 0 bridgehead atoms. The largest absolute Gasteiger partial charge is 0.465 e. The van der Waals surface area contributed by atoms with Crippen molar-refractivity contribution in [2.45, 2.75) is 51.7 Å². The SMILES string of the molecule is CCOC(=O)CN(CP(=O)(OSC(C)C)OSC(C)C)C(=O)OCc1ccccc1. The van der Waals surface area contributed by atoms with E-state index >= 15 is 0 Å². The zero-order chi connectivity index (χ0) is 22.6. The van der Waals surface area contributed by atoms with Gasteiger partial charge in [0, 0.05) is 34.6 Å². The van der Waals surface area contributed by atoms with Gasteiger partial charge in [0.15, 0.2) is 0 Å². The molecule has 0 heterocycles. The second kappa shape index (κ2) is 14.0. The van der Waals surface area contributed by atoms with Crippen LogP contribution in [-0.2, 0) is 33.4 Å². The van der Waals surface area contributed by atoms with Gasteiger partial charge in [-0.3, -0.25) is 14.3 Å². The predicted octanol–water partition coefficient (Wildman–Crippen LogP) is 5.49.